The second-order valence-corrected chi connectivity index (χ2v) is 3.77. The first-order valence-corrected chi connectivity index (χ1v) is 6.05. The van der Waals surface area contributed by atoms with E-state index < -0.39 is 0 Å². The highest BCUT2D eigenvalue weighted by Crippen LogP contribution is 2.08. The van der Waals surface area contributed by atoms with E-state index in [0.29, 0.717) is 19.1 Å². The fourth-order valence-electron chi connectivity index (χ4n) is 1.51. The number of nitrogens with one attached hydrogen (secondary N) is 1. The van der Waals surface area contributed by atoms with Gasteiger partial charge < -0.3 is 15.8 Å². The number of rotatable bonds is 6. The second kappa shape index (κ2) is 6.48. The molecule has 0 saturated heterocycles. The molecule has 0 atom stereocenters. The molecule has 0 fully saturated rings. The van der Waals surface area contributed by atoms with Gasteiger partial charge in [0.05, 0.1) is 6.61 Å². The molecule has 19 heavy (non-hydrogen) atoms. The first kappa shape index (κ1) is 13.0. The Morgan fingerprint density at radius 1 is 1.21 bits per heavy atom. The molecular weight excluding hydrogens is 244 g/mol. The second-order valence-electron chi connectivity index (χ2n) is 3.77. The number of nitrogen functional groups attached to an aromatic ring is 1. The molecule has 2 heterocycles. The Morgan fingerprint density at radius 2 is 2.00 bits per heavy atom. The smallest absolute Gasteiger partial charge is 0.323 e. The first-order chi connectivity index (χ1) is 9.28. The monoisotopic (exact) mass is 260 g/mol. The molecule has 0 radical (unpaired) electrons. The lowest BCUT2D eigenvalue weighted by Crippen LogP contribution is -2.11. The third-order valence-corrected chi connectivity index (χ3v) is 2.35. The van der Waals surface area contributed by atoms with E-state index in [1.54, 1.807) is 12.4 Å². The summed E-state index contributed by atoms with van der Waals surface area (Å²) in [5.74, 6) is 0.565. The number of hydrogen-bond acceptors (Lipinski definition) is 7. The lowest BCUT2D eigenvalue weighted by atomic mass is 10.2. The molecule has 2 aromatic heterocycles. The first-order valence-electron chi connectivity index (χ1n) is 6.05. The van der Waals surface area contributed by atoms with Gasteiger partial charge in [-0.25, -0.2) is 0 Å². The molecule has 0 unspecified atom stereocenters. The van der Waals surface area contributed by atoms with Crippen LogP contribution < -0.4 is 15.8 Å². The largest absolute Gasteiger partial charge is 0.464 e. The summed E-state index contributed by atoms with van der Waals surface area (Å²) in [5, 5.41) is 3.09. The summed E-state index contributed by atoms with van der Waals surface area (Å²) in [4.78, 5) is 15.9. The van der Waals surface area contributed by atoms with Crippen molar-refractivity contribution < 1.29 is 4.74 Å². The molecule has 0 aliphatic rings. The number of anilines is 2. The van der Waals surface area contributed by atoms with Gasteiger partial charge in [0.25, 0.3) is 0 Å². The maximum atomic E-state index is 5.58. The summed E-state index contributed by atoms with van der Waals surface area (Å²) >= 11 is 0. The fourth-order valence-corrected chi connectivity index (χ4v) is 1.51. The van der Waals surface area contributed by atoms with Gasteiger partial charge in [0.15, 0.2) is 0 Å². The van der Waals surface area contributed by atoms with Gasteiger partial charge in [-0.1, -0.05) is 0 Å². The molecule has 7 heteroatoms. The van der Waals surface area contributed by atoms with Crippen LogP contribution in [0.4, 0.5) is 11.9 Å². The standard InChI is InChI=1S/C12H16N6O/c1-2-19-12-17-10(13)16-11(18-12)15-8-5-9-3-6-14-7-4-9/h3-4,6-7H,2,5,8H2,1H3,(H3,13,15,16,17,18). The van der Waals surface area contributed by atoms with Crippen LogP contribution in [0, 0.1) is 0 Å². The zero-order chi connectivity index (χ0) is 13.5. The Hall–Kier alpha value is -2.44. The zero-order valence-corrected chi connectivity index (χ0v) is 10.7. The molecule has 2 aromatic rings. The summed E-state index contributed by atoms with van der Waals surface area (Å²) in [6.45, 7) is 3.04. The van der Waals surface area contributed by atoms with Gasteiger partial charge >= 0.3 is 6.01 Å². The maximum Gasteiger partial charge on any atom is 0.323 e. The van der Waals surface area contributed by atoms with Crippen molar-refractivity contribution in [2.45, 2.75) is 13.3 Å². The Kier molecular flexibility index (Phi) is 4.44. The molecule has 0 spiro atoms. The normalized spacial score (nSPS) is 10.2. The maximum absolute atomic E-state index is 5.58. The van der Waals surface area contributed by atoms with Gasteiger partial charge in [-0.15, -0.1) is 0 Å². The topological polar surface area (TPSA) is 98.8 Å². The van der Waals surface area contributed by atoms with E-state index >= 15 is 0 Å². The van der Waals surface area contributed by atoms with E-state index in [2.05, 4.69) is 25.3 Å². The zero-order valence-electron chi connectivity index (χ0n) is 10.7. The van der Waals surface area contributed by atoms with E-state index in [-0.39, 0.29) is 12.0 Å². The van der Waals surface area contributed by atoms with Gasteiger partial charge in [0.2, 0.25) is 11.9 Å². The van der Waals surface area contributed by atoms with Crippen molar-refractivity contribution in [3.05, 3.63) is 30.1 Å². The number of nitrogens with two attached hydrogens (primary N) is 1. The number of pyridine rings is 1. The van der Waals surface area contributed by atoms with Crippen molar-refractivity contribution in [2.24, 2.45) is 0 Å². The van der Waals surface area contributed by atoms with Crippen LogP contribution in [-0.4, -0.2) is 33.1 Å². The predicted molar refractivity (Wildman–Crippen MR) is 71.8 cm³/mol. The fraction of sp³-hybridized carbons (Fsp3) is 0.333. The van der Waals surface area contributed by atoms with Crippen LogP contribution in [0.5, 0.6) is 6.01 Å². The average Bonchev–Trinajstić information content (AvgIpc) is 2.40. The van der Waals surface area contributed by atoms with Crippen molar-refractivity contribution >= 4 is 11.9 Å². The van der Waals surface area contributed by atoms with E-state index in [1.807, 2.05) is 19.1 Å². The summed E-state index contributed by atoms with van der Waals surface area (Å²) in [5.41, 5.74) is 6.77. The molecular formula is C12H16N6O. The molecule has 0 aliphatic carbocycles. The number of ether oxygens (including phenoxy) is 1. The van der Waals surface area contributed by atoms with Crippen molar-refractivity contribution in [3.63, 3.8) is 0 Å². The van der Waals surface area contributed by atoms with Gasteiger partial charge in [-0.2, -0.15) is 15.0 Å². The quantitative estimate of drug-likeness (QED) is 0.796. The van der Waals surface area contributed by atoms with Crippen LogP contribution >= 0.6 is 0 Å². The number of hydrogen-bond donors (Lipinski definition) is 2. The lowest BCUT2D eigenvalue weighted by molar-refractivity contribution is 0.312. The van der Waals surface area contributed by atoms with Crippen LogP contribution in [0.25, 0.3) is 0 Å². The minimum atomic E-state index is 0.143. The molecule has 0 aromatic carbocycles. The third-order valence-electron chi connectivity index (χ3n) is 2.35. The predicted octanol–water partition coefficient (Wildman–Crippen LogP) is 0.902. The Balaban J connectivity index is 1.92. The average molecular weight is 260 g/mol. The summed E-state index contributed by atoms with van der Waals surface area (Å²) < 4.78 is 5.20. The van der Waals surface area contributed by atoms with Crippen molar-refractivity contribution in [1.82, 2.24) is 19.9 Å². The highest BCUT2D eigenvalue weighted by atomic mass is 16.5. The molecule has 0 aliphatic heterocycles. The van der Waals surface area contributed by atoms with Gasteiger partial charge in [-0.3, -0.25) is 4.98 Å². The summed E-state index contributed by atoms with van der Waals surface area (Å²) in [6.07, 6.45) is 4.38. The van der Waals surface area contributed by atoms with Gasteiger partial charge in [0.1, 0.15) is 0 Å². The minimum absolute atomic E-state index is 0.143. The third kappa shape index (κ3) is 4.06. The molecule has 0 bridgehead atoms. The van der Waals surface area contributed by atoms with Crippen LogP contribution in [0.3, 0.4) is 0 Å². The SMILES string of the molecule is CCOc1nc(N)nc(NCCc2ccncc2)n1. The van der Waals surface area contributed by atoms with Gasteiger partial charge in [-0.05, 0) is 31.0 Å². The molecule has 3 N–H and O–H groups in total. The highest BCUT2D eigenvalue weighted by molar-refractivity contribution is 5.32. The molecule has 100 valence electrons. The number of aromatic nitrogens is 4. The molecule has 2 rings (SSSR count). The molecule has 7 nitrogen and oxygen atoms in total. The van der Waals surface area contributed by atoms with Crippen molar-refractivity contribution in [1.29, 1.82) is 0 Å². The van der Waals surface area contributed by atoms with Crippen molar-refractivity contribution in [2.75, 3.05) is 24.2 Å². The van der Waals surface area contributed by atoms with E-state index in [1.165, 1.54) is 5.56 Å². The molecule has 0 saturated carbocycles. The van der Waals surface area contributed by atoms with Crippen LogP contribution in [0.2, 0.25) is 0 Å². The van der Waals surface area contributed by atoms with Gasteiger partial charge in [0, 0.05) is 18.9 Å². The van der Waals surface area contributed by atoms with E-state index in [4.69, 9.17) is 10.5 Å². The minimum Gasteiger partial charge on any atom is -0.464 e. The lowest BCUT2D eigenvalue weighted by Gasteiger charge is -2.07. The van der Waals surface area contributed by atoms with E-state index in [0.717, 1.165) is 6.42 Å². The Labute approximate surface area is 111 Å². The highest BCUT2D eigenvalue weighted by Gasteiger charge is 2.04. The van der Waals surface area contributed by atoms with E-state index in [9.17, 15) is 0 Å². The molecule has 0 amide bonds. The van der Waals surface area contributed by atoms with Crippen LogP contribution in [0.15, 0.2) is 24.5 Å². The Morgan fingerprint density at radius 3 is 2.74 bits per heavy atom. The van der Waals surface area contributed by atoms with Crippen LogP contribution in [0.1, 0.15) is 12.5 Å². The van der Waals surface area contributed by atoms with Crippen LogP contribution in [-0.2, 0) is 6.42 Å². The van der Waals surface area contributed by atoms with Crippen molar-refractivity contribution in [3.8, 4) is 6.01 Å². The summed E-state index contributed by atoms with van der Waals surface area (Å²) in [6, 6.07) is 4.17. The Bertz CT molecular complexity index is 519. The number of nitrogens with zero attached hydrogens (tertiary/aromatic N) is 4. The summed E-state index contributed by atoms with van der Waals surface area (Å²) in [7, 11) is 0.